The molecule has 0 radical (unpaired) electrons. The average molecular weight is 440 g/mol. The Morgan fingerprint density at radius 1 is 1.22 bits per heavy atom. The van der Waals surface area contributed by atoms with Crippen molar-refractivity contribution in [1.82, 2.24) is 15.5 Å². The highest BCUT2D eigenvalue weighted by molar-refractivity contribution is 5.95. The number of nitrogens with zero attached hydrogens (tertiary/aromatic N) is 1. The molecule has 0 saturated heterocycles. The van der Waals surface area contributed by atoms with E-state index in [2.05, 4.69) is 15.5 Å². The van der Waals surface area contributed by atoms with E-state index in [-0.39, 0.29) is 25.8 Å². The number of aliphatic hydroxyl groups is 1. The summed E-state index contributed by atoms with van der Waals surface area (Å²) in [7, 11) is 0. The Labute approximate surface area is 187 Å². The average Bonchev–Trinajstić information content (AvgIpc) is 3.46. The molecule has 1 aliphatic heterocycles. The quantitative estimate of drug-likeness (QED) is 0.492. The fourth-order valence-electron chi connectivity index (χ4n) is 4.22. The molecule has 2 amide bonds. The van der Waals surface area contributed by atoms with E-state index in [1.807, 2.05) is 30.3 Å². The van der Waals surface area contributed by atoms with Gasteiger partial charge in [-0.05, 0) is 43.4 Å². The van der Waals surface area contributed by atoms with Crippen LogP contribution in [-0.2, 0) is 16.1 Å². The van der Waals surface area contributed by atoms with E-state index in [1.165, 1.54) is 6.26 Å². The Bertz CT molecular complexity index is 953. The summed E-state index contributed by atoms with van der Waals surface area (Å²) in [5, 5.41) is 15.7. The van der Waals surface area contributed by atoms with Gasteiger partial charge in [0.25, 0.3) is 0 Å². The minimum Gasteiger partial charge on any atom is -0.467 e. The van der Waals surface area contributed by atoms with Crippen LogP contribution in [0.25, 0.3) is 0 Å². The van der Waals surface area contributed by atoms with Crippen molar-refractivity contribution in [3.63, 3.8) is 0 Å². The van der Waals surface area contributed by atoms with Gasteiger partial charge < -0.3 is 24.9 Å². The highest BCUT2D eigenvalue weighted by atomic mass is 16.5. The van der Waals surface area contributed by atoms with Gasteiger partial charge >= 0.3 is 12.0 Å². The first-order valence-corrected chi connectivity index (χ1v) is 11.0. The van der Waals surface area contributed by atoms with E-state index in [0.29, 0.717) is 29.5 Å². The summed E-state index contributed by atoms with van der Waals surface area (Å²) >= 11 is 0. The molecule has 0 bridgehead atoms. The van der Waals surface area contributed by atoms with Gasteiger partial charge in [0, 0.05) is 24.8 Å². The van der Waals surface area contributed by atoms with Gasteiger partial charge in [0.05, 0.1) is 25.1 Å². The number of aliphatic hydroxyl groups excluding tert-OH is 1. The highest BCUT2D eigenvalue weighted by Crippen LogP contribution is 2.37. The van der Waals surface area contributed by atoms with Gasteiger partial charge in [-0.15, -0.1) is 0 Å². The molecule has 32 heavy (non-hydrogen) atoms. The fraction of sp³-hybridized carbons (Fsp3) is 0.417. The topological polar surface area (TPSA) is 104 Å². The van der Waals surface area contributed by atoms with Gasteiger partial charge in [-0.1, -0.05) is 30.3 Å². The Balaban J connectivity index is 1.71. The summed E-state index contributed by atoms with van der Waals surface area (Å²) in [6, 6.07) is 12.2. The predicted molar refractivity (Wildman–Crippen MR) is 117 cm³/mol. The molecule has 4 rings (SSSR count). The monoisotopic (exact) mass is 439 g/mol. The second kappa shape index (κ2) is 10.0. The summed E-state index contributed by atoms with van der Waals surface area (Å²) in [5.74, 6) is 0.340. The number of esters is 1. The lowest BCUT2D eigenvalue weighted by atomic mass is 9.99. The number of carbonyl (C=O) groups excluding carboxylic acids is 2. The molecule has 170 valence electrons. The summed E-state index contributed by atoms with van der Waals surface area (Å²) in [6.07, 6.45) is 3.62. The lowest BCUT2D eigenvalue weighted by Gasteiger charge is -2.35. The summed E-state index contributed by atoms with van der Waals surface area (Å²) in [4.78, 5) is 27.6. The number of carbonyl (C=O) groups is 2. The maximum absolute atomic E-state index is 13.0. The van der Waals surface area contributed by atoms with Crippen LogP contribution in [0.4, 0.5) is 4.79 Å². The van der Waals surface area contributed by atoms with Crippen LogP contribution in [-0.4, -0.2) is 47.8 Å². The van der Waals surface area contributed by atoms with Crippen molar-refractivity contribution in [3.8, 4) is 0 Å². The minimum absolute atomic E-state index is 0.00727. The van der Waals surface area contributed by atoms with Crippen molar-refractivity contribution in [2.75, 3.05) is 19.8 Å². The fourth-order valence-corrected chi connectivity index (χ4v) is 4.22. The molecule has 1 aromatic carbocycles. The van der Waals surface area contributed by atoms with Gasteiger partial charge in [0.1, 0.15) is 11.8 Å². The number of rotatable bonds is 10. The van der Waals surface area contributed by atoms with Crippen LogP contribution in [0.5, 0.6) is 0 Å². The molecular weight excluding hydrogens is 410 g/mol. The van der Waals surface area contributed by atoms with E-state index >= 15 is 0 Å². The van der Waals surface area contributed by atoms with Crippen LogP contribution in [0.2, 0.25) is 0 Å². The number of benzene rings is 1. The number of ether oxygens (including phenoxy) is 1. The Morgan fingerprint density at radius 3 is 2.62 bits per heavy atom. The van der Waals surface area contributed by atoms with Crippen LogP contribution in [0, 0.1) is 5.92 Å². The molecule has 8 heteroatoms. The van der Waals surface area contributed by atoms with Gasteiger partial charge in [0.15, 0.2) is 0 Å². The molecule has 0 spiro atoms. The summed E-state index contributed by atoms with van der Waals surface area (Å²) in [5.41, 5.74) is 1.86. The first-order valence-electron chi connectivity index (χ1n) is 11.0. The number of furan rings is 1. The molecule has 2 aromatic rings. The Morgan fingerprint density at radius 2 is 2.00 bits per heavy atom. The van der Waals surface area contributed by atoms with Crippen molar-refractivity contribution in [1.29, 1.82) is 0 Å². The van der Waals surface area contributed by atoms with Crippen molar-refractivity contribution in [3.05, 3.63) is 71.3 Å². The van der Waals surface area contributed by atoms with Crippen LogP contribution >= 0.6 is 0 Å². The molecule has 1 aliphatic carbocycles. The van der Waals surface area contributed by atoms with Crippen LogP contribution in [0.3, 0.4) is 0 Å². The minimum atomic E-state index is -0.750. The maximum atomic E-state index is 13.0. The van der Waals surface area contributed by atoms with E-state index in [0.717, 1.165) is 18.4 Å². The number of nitrogens with one attached hydrogen (secondary N) is 2. The molecule has 2 atom stereocenters. The predicted octanol–water partition coefficient (Wildman–Crippen LogP) is 2.72. The van der Waals surface area contributed by atoms with Crippen LogP contribution < -0.4 is 10.6 Å². The highest BCUT2D eigenvalue weighted by Gasteiger charge is 2.39. The third-order valence-corrected chi connectivity index (χ3v) is 5.89. The Hall–Kier alpha value is -3.10. The molecule has 1 aromatic heterocycles. The summed E-state index contributed by atoms with van der Waals surface area (Å²) < 4.78 is 10.8. The third-order valence-electron chi connectivity index (χ3n) is 5.89. The molecular formula is C24H29N3O5. The first kappa shape index (κ1) is 22.1. The molecule has 1 fully saturated rings. The second-order valence-corrected chi connectivity index (χ2v) is 8.14. The second-order valence-electron chi connectivity index (χ2n) is 8.14. The third kappa shape index (κ3) is 5.03. The van der Waals surface area contributed by atoms with Crippen LogP contribution in [0.1, 0.15) is 37.1 Å². The van der Waals surface area contributed by atoms with Crippen molar-refractivity contribution in [2.45, 2.75) is 38.4 Å². The number of urea groups is 1. The zero-order valence-corrected chi connectivity index (χ0v) is 18.1. The molecule has 2 aliphatic rings. The largest absolute Gasteiger partial charge is 0.467 e. The zero-order chi connectivity index (χ0) is 22.5. The zero-order valence-electron chi connectivity index (χ0n) is 18.1. The molecule has 2 heterocycles. The lowest BCUT2D eigenvalue weighted by molar-refractivity contribution is -0.139. The van der Waals surface area contributed by atoms with Gasteiger partial charge in [0.2, 0.25) is 0 Å². The van der Waals surface area contributed by atoms with Gasteiger partial charge in [-0.25, -0.2) is 9.59 Å². The normalized spacial score (nSPS) is 19.5. The Kier molecular flexibility index (Phi) is 6.92. The van der Waals surface area contributed by atoms with E-state index in [1.54, 1.807) is 19.1 Å². The van der Waals surface area contributed by atoms with Gasteiger partial charge in [-0.2, -0.15) is 0 Å². The maximum Gasteiger partial charge on any atom is 0.338 e. The van der Waals surface area contributed by atoms with Crippen molar-refractivity contribution >= 4 is 12.0 Å². The van der Waals surface area contributed by atoms with Gasteiger partial charge in [-0.3, -0.25) is 4.90 Å². The van der Waals surface area contributed by atoms with Crippen molar-refractivity contribution < 1.29 is 23.8 Å². The molecule has 3 N–H and O–H groups in total. The number of hydrogen-bond acceptors (Lipinski definition) is 6. The molecule has 0 unspecified atom stereocenters. The van der Waals surface area contributed by atoms with Crippen molar-refractivity contribution in [2.24, 2.45) is 5.92 Å². The lowest BCUT2D eigenvalue weighted by Crippen LogP contribution is -2.50. The molecule has 1 saturated carbocycles. The van der Waals surface area contributed by atoms with E-state index in [4.69, 9.17) is 9.15 Å². The standard InChI is InChI=1S/C24H29N3O5/c1-2-31-23(29)21-18(25-24(30)26-22(21)20-9-6-12-32-20)14-27(19(15-28)17-10-11-17)13-16-7-4-3-5-8-16/h3-9,12,17,19,22,28H,2,10-11,13-15H2,1H3,(H2,25,26,30)/t19-,22+/m1/s1. The molecule has 8 nitrogen and oxygen atoms in total. The van der Waals surface area contributed by atoms with E-state index in [9.17, 15) is 14.7 Å². The SMILES string of the molecule is CCOC(=O)C1=C(CN(Cc2ccccc2)[C@H](CO)C2CC2)NC(=O)N[C@H]1c1ccco1. The van der Waals surface area contributed by atoms with Crippen LogP contribution in [0.15, 0.2) is 64.4 Å². The summed E-state index contributed by atoms with van der Waals surface area (Å²) in [6.45, 7) is 2.83. The first-order chi connectivity index (χ1) is 15.6. The smallest absolute Gasteiger partial charge is 0.338 e. The number of hydrogen-bond donors (Lipinski definition) is 3. The van der Waals surface area contributed by atoms with E-state index < -0.39 is 18.0 Å². The number of amides is 2.